The van der Waals surface area contributed by atoms with Gasteiger partial charge >= 0.3 is 17.6 Å². The summed E-state index contributed by atoms with van der Waals surface area (Å²) in [6.07, 6.45) is -4.67. The smallest absolute Gasteiger partial charge is 0.406 e. The number of halogens is 8. The van der Waals surface area contributed by atoms with E-state index < -0.39 is 52.9 Å². The number of alkyl halides is 6. The lowest BCUT2D eigenvalue weighted by molar-refractivity contribution is -0.140. The molecule has 0 spiro atoms. The van der Waals surface area contributed by atoms with Gasteiger partial charge in [-0.2, -0.15) is 27.2 Å². The number of amides is 3. The maximum Gasteiger partial charge on any atom is 0.406 e. The number of carbonyl (C=O) groups is 2. The maximum absolute atomic E-state index is 14.3. The lowest BCUT2D eigenvalue weighted by atomic mass is 10.0. The van der Waals surface area contributed by atoms with Crippen LogP contribution in [0.15, 0.2) is 44.9 Å². The van der Waals surface area contributed by atoms with E-state index in [1.807, 2.05) is 11.1 Å². The third-order valence-corrected chi connectivity index (χ3v) is 10.5. The van der Waals surface area contributed by atoms with Gasteiger partial charge in [0.2, 0.25) is 0 Å². The summed E-state index contributed by atoms with van der Waals surface area (Å²) in [5.41, 5.74) is 4.35. The molecule has 3 heterocycles. The summed E-state index contributed by atoms with van der Waals surface area (Å²) >= 11 is 18.8. The fourth-order valence-corrected chi connectivity index (χ4v) is 7.69. The SMILES string of the molecule is COc1cc2c(cc1N1CCCN(CC(F)(F)F)C1=O)CN(C(=O)c1c(Sc3c(Cl)ccc(CN)c3Cl)cc(C(F)(F)Cl)[nH]c1=O)C2CC#N. The highest BCUT2D eigenvalue weighted by molar-refractivity contribution is 7.99. The van der Waals surface area contributed by atoms with Gasteiger partial charge in [-0.25, -0.2) is 4.79 Å². The van der Waals surface area contributed by atoms with Crippen LogP contribution >= 0.6 is 46.6 Å². The first kappa shape index (κ1) is 37.5. The van der Waals surface area contributed by atoms with Crippen molar-refractivity contribution in [2.75, 3.05) is 31.6 Å². The van der Waals surface area contributed by atoms with E-state index in [0.717, 1.165) is 11.0 Å². The van der Waals surface area contributed by atoms with Gasteiger partial charge < -0.3 is 25.3 Å². The predicted molar refractivity (Wildman–Crippen MR) is 176 cm³/mol. The largest absolute Gasteiger partial charge is 0.495 e. The van der Waals surface area contributed by atoms with Crippen molar-refractivity contribution >= 4 is 64.2 Å². The number of nitriles is 1. The summed E-state index contributed by atoms with van der Waals surface area (Å²) in [6, 6.07) is 6.92. The van der Waals surface area contributed by atoms with Crippen molar-refractivity contribution in [1.29, 1.82) is 5.26 Å². The zero-order valence-corrected chi connectivity index (χ0v) is 28.9. The molecule has 3 amide bonds. The number of rotatable bonds is 9. The van der Waals surface area contributed by atoms with Crippen molar-refractivity contribution in [1.82, 2.24) is 14.8 Å². The van der Waals surface area contributed by atoms with Crippen LogP contribution in [0.4, 0.5) is 32.4 Å². The summed E-state index contributed by atoms with van der Waals surface area (Å²) in [4.78, 5) is 45.7. The molecule has 2 aromatic carbocycles. The number of H-pyrrole nitrogens is 1. The highest BCUT2D eigenvalue weighted by Crippen LogP contribution is 2.46. The molecular formula is C31H26Cl3F5N6O4S. The normalized spacial score (nSPS) is 16.5. The van der Waals surface area contributed by atoms with Gasteiger partial charge in [0.15, 0.2) is 0 Å². The van der Waals surface area contributed by atoms with Crippen molar-refractivity contribution < 1.29 is 36.3 Å². The molecule has 0 radical (unpaired) electrons. The Balaban J connectivity index is 1.58. The summed E-state index contributed by atoms with van der Waals surface area (Å²) in [5.74, 6) is -0.863. The number of fused-ring (bicyclic) bond motifs is 1. The number of pyridine rings is 1. The van der Waals surface area contributed by atoms with Crippen molar-refractivity contribution in [3.63, 3.8) is 0 Å². The molecule has 3 aromatic rings. The molecule has 1 saturated heterocycles. The number of aromatic nitrogens is 1. The number of anilines is 1. The Morgan fingerprint density at radius 1 is 1.16 bits per heavy atom. The van der Waals surface area contributed by atoms with E-state index in [0.29, 0.717) is 33.4 Å². The van der Waals surface area contributed by atoms with Crippen LogP contribution in [0.2, 0.25) is 10.0 Å². The van der Waals surface area contributed by atoms with E-state index in [9.17, 15) is 41.6 Å². The minimum Gasteiger partial charge on any atom is -0.495 e. The molecule has 1 fully saturated rings. The molecule has 19 heteroatoms. The van der Waals surface area contributed by atoms with Crippen LogP contribution in [0.5, 0.6) is 5.75 Å². The maximum atomic E-state index is 14.3. The van der Waals surface area contributed by atoms with Gasteiger partial charge in [0.1, 0.15) is 23.6 Å². The third-order valence-electron chi connectivity index (χ3n) is 8.11. The average Bonchev–Trinajstić information content (AvgIpc) is 3.39. The molecule has 266 valence electrons. The molecule has 1 unspecified atom stereocenters. The molecule has 2 aliphatic heterocycles. The number of carbonyl (C=O) groups excluding carboxylic acids is 2. The fraction of sp³-hybridized carbons (Fsp3) is 0.355. The standard InChI is InChI=1S/C31H26Cl3F5N6O4S/c1-49-21-10-17-16(9-20(21)44-8-2-7-43(29(44)48)14-30(35,36)37)13-45(19(17)5-6-40)28(47)24-22(11-23(31(34,38)39)42-27(24)46)50-26-18(32)4-3-15(12-41)25(26)33/h3-4,9-11,19H,2,5,7-8,12-14,41H2,1H3,(H,42,46). The lowest BCUT2D eigenvalue weighted by Crippen LogP contribution is -2.52. The number of nitrogens with two attached hydrogens (primary N) is 1. The molecule has 1 atom stereocenters. The van der Waals surface area contributed by atoms with Crippen LogP contribution in [0.25, 0.3) is 0 Å². The lowest BCUT2D eigenvalue weighted by Gasteiger charge is -2.36. The Bertz CT molecular complexity index is 1950. The van der Waals surface area contributed by atoms with Gasteiger partial charge in [0.05, 0.1) is 41.4 Å². The minimum absolute atomic E-state index is 0.00750. The van der Waals surface area contributed by atoms with Gasteiger partial charge in [-0.05, 0) is 59.0 Å². The zero-order valence-electron chi connectivity index (χ0n) is 25.8. The van der Waals surface area contributed by atoms with Crippen LogP contribution in [-0.2, 0) is 18.5 Å². The topological polar surface area (TPSA) is 136 Å². The van der Waals surface area contributed by atoms with Gasteiger partial charge in [-0.15, -0.1) is 0 Å². The van der Waals surface area contributed by atoms with E-state index in [2.05, 4.69) is 0 Å². The first-order valence-corrected chi connectivity index (χ1v) is 16.6. The molecule has 0 saturated carbocycles. The molecule has 0 aliphatic carbocycles. The number of benzene rings is 2. The highest BCUT2D eigenvalue weighted by atomic mass is 35.5. The third kappa shape index (κ3) is 7.47. The van der Waals surface area contributed by atoms with Crippen LogP contribution in [-0.4, -0.2) is 59.6 Å². The molecular weight excluding hydrogens is 754 g/mol. The minimum atomic E-state index is -4.62. The van der Waals surface area contributed by atoms with Crippen LogP contribution in [0, 0.1) is 11.3 Å². The van der Waals surface area contributed by atoms with E-state index in [1.54, 1.807) is 6.07 Å². The predicted octanol–water partition coefficient (Wildman–Crippen LogP) is 7.39. The summed E-state index contributed by atoms with van der Waals surface area (Å²) in [6.45, 7) is -1.71. The molecule has 0 bridgehead atoms. The Morgan fingerprint density at radius 3 is 2.50 bits per heavy atom. The second-order valence-electron chi connectivity index (χ2n) is 11.3. The zero-order chi connectivity index (χ0) is 36.7. The molecule has 1 aromatic heterocycles. The van der Waals surface area contributed by atoms with E-state index in [4.69, 9.17) is 45.3 Å². The second kappa shape index (κ2) is 14.5. The Kier molecular flexibility index (Phi) is 10.9. The number of ether oxygens (including phenoxy) is 1. The van der Waals surface area contributed by atoms with Crippen molar-refractivity contribution in [2.45, 2.75) is 53.3 Å². The van der Waals surface area contributed by atoms with Crippen LogP contribution in [0.1, 0.15) is 51.6 Å². The van der Waals surface area contributed by atoms with Gasteiger partial charge in [0.25, 0.3) is 11.5 Å². The highest BCUT2D eigenvalue weighted by Gasteiger charge is 2.41. The molecule has 10 nitrogen and oxygen atoms in total. The number of hydrogen-bond acceptors (Lipinski definition) is 7. The number of nitrogens with one attached hydrogen (secondary N) is 1. The number of urea groups is 1. The van der Waals surface area contributed by atoms with Crippen molar-refractivity contribution in [3.05, 3.63) is 78.7 Å². The summed E-state index contributed by atoms with van der Waals surface area (Å²) in [5, 5.41) is 5.83. The number of hydrogen-bond donors (Lipinski definition) is 2. The monoisotopic (exact) mass is 778 g/mol. The van der Waals surface area contributed by atoms with Gasteiger partial charge in [-0.1, -0.05) is 41.0 Å². The Labute approximate surface area is 300 Å². The molecule has 5 rings (SSSR count). The van der Waals surface area contributed by atoms with Crippen LogP contribution < -0.4 is 20.9 Å². The van der Waals surface area contributed by atoms with Crippen molar-refractivity contribution in [2.24, 2.45) is 5.73 Å². The summed E-state index contributed by atoms with van der Waals surface area (Å²) < 4.78 is 73.6. The summed E-state index contributed by atoms with van der Waals surface area (Å²) in [7, 11) is 1.29. The van der Waals surface area contributed by atoms with Gasteiger partial charge in [0, 0.05) is 36.0 Å². The van der Waals surface area contributed by atoms with E-state index in [1.165, 1.54) is 30.2 Å². The first-order valence-electron chi connectivity index (χ1n) is 14.7. The second-order valence-corrected chi connectivity index (χ2v) is 13.6. The van der Waals surface area contributed by atoms with Crippen LogP contribution in [0.3, 0.4) is 0 Å². The fourth-order valence-electron chi connectivity index (χ4n) is 5.85. The number of nitrogens with zero attached hydrogens (tertiary/aromatic N) is 4. The molecule has 50 heavy (non-hydrogen) atoms. The van der Waals surface area contributed by atoms with Crippen molar-refractivity contribution in [3.8, 4) is 11.8 Å². The quantitative estimate of drug-likeness (QED) is 0.171. The van der Waals surface area contributed by atoms with E-state index >= 15 is 0 Å². The number of aromatic amines is 1. The Hall–Kier alpha value is -3.75. The molecule has 3 N–H and O–H groups in total. The first-order chi connectivity index (χ1) is 23.5. The van der Waals surface area contributed by atoms with Gasteiger partial charge in [-0.3, -0.25) is 14.5 Å². The average molecular weight is 780 g/mol. The molecule has 2 aliphatic rings. The number of methoxy groups -OCH3 is 1. The van der Waals surface area contributed by atoms with E-state index in [-0.39, 0.29) is 70.3 Å². The Morgan fingerprint density at radius 2 is 1.88 bits per heavy atom.